The summed E-state index contributed by atoms with van der Waals surface area (Å²) in [6.45, 7) is 0. The molecule has 1 aromatic carbocycles. The summed E-state index contributed by atoms with van der Waals surface area (Å²) in [7, 11) is -2.27. The van der Waals surface area contributed by atoms with Crippen LogP contribution in [-0.4, -0.2) is 23.0 Å². The largest absolute Gasteiger partial charge is 0.360 e. The molecule has 0 saturated heterocycles. The van der Waals surface area contributed by atoms with Crippen molar-refractivity contribution in [2.24, 2.45) is 7.05 Å². The highest BCUT2D eigenvalue weighted by atomic mass is 35.5. The van der Waals surface area contributed by atoms with Crippen molar-refractivity contribution in [3.05, 3.63) is 41.4 Å². The molecule has 0 radical (unpaired) electrons. The van der Waals surface area contributed by atoms with Gasteiger partial charge in [0.2, 0.25) is 0 Å². The number of aryl methyl sites for hydroxylation is 1. The summed E-state index contributed by atoms with van der Waals surface area (Å²) in [4.78, 5) is 6.82. The predicted molar refractivity (Wildman–Crippen MR) is 82.0 cm³/mol. The van der Waals surface area contributed by atoms with E-state index in [1.807, 2.05) is 6.07 Å². The van der Waals surface area contributed by atoms with Crippen molar-refractivity contribution < 1.29 is 8.42 Å². The first kappa shape index (κ1) is 14.4. The van der Waals surface area contributed by atoms with Gasteiger partial charge in [-0.3, -0.25) is 4.72 Å². The van der Waals surface area contributed by atoms with Crippen LogP contribution in [0.2, 0.25) is 5.02 Å². The van der Waals surface area contributed by atoms with Crippen LogP contribution in [0.15, 0.2) is 35.6 Å². The highest BCUT2D eigenvalue weighted by molar-refractivity contribution is 7.93. The number of aromatic nitrogens is 3. The van der Waals surface area contributed by atoms with E-state index in [1.165, 1.54) is 17.1 Å². The maximum atomic E-state index is 12.5. The van der Waals surface area contributed by atoms with E-state index >= 15 is 0 Å². The van der Waals surface area contributed by atoms with Gasteiger partial charge in [0.05, 0.1) is 6.33 Å². The number of imidazole rings is 1. The molecule has 22 heavy (non-hydrogen) atoms. The molecule has 0 saturated carbocycles. The zero-order valence-electron chi connectivity index (χ0n) is 11.3. The fourth-order valence-corrected chi connectivity index (χ4v) is 3.48. The minimum absolute atomic E-state index is 0.00619. The summed E-state index contributed by atoms with van der Waals surface area (Å²) in [5, 5.41) is 10.1. The number of halogens is 1. The van der Waals surface area contributed by atoms with Crippen LogP contribution in [0.3, 0.4) is 0 Å². The van der Waals surface area contributed by atoms with Gasteiger partial charge in [0.15, 0.2) is 11.5 Å². The monoisotopic (exact) mass is 335 g/mol. The molecule has 0 aliphatic carbocycles. The minimum atomic E-state index is -3.88. The van der Waals surface area contributed by atoms with Crippen molar-refractivity contribution in [1.82, 2.24) is 14.5 Å². The van der Waals surface area contributed by atoms with Crippen LogP contribution in [0.4, 0.5) is 5.82 Å². The van der Waals surface area contributed by atoms with Gasteiger partial charge in [0.25, 0.3) is 10.0 Å². The molecule has 0 aliphatic rings. The Kier molecular flexibility index (Phi) is 3.31. The molecule has 2 N–H and O–H groups in total. The number of benzene rings is 1. The fraction of sp³-hybridized carbons (Fsp3) is 0.0769. The van der Waals surface area contributed by atoms with Crippen LogP contribution in [-0.2, 0) is 17.1 Å². The number of aromatic amines is 1. The first-order valence-corrected chi connectivity index (χ1v) is 7.99. The number of H-pyrrole nitrogens is 1. The highest BCUT2D eigenvalue weighted by Gasteiger charge is 2.22. The van der Waals surface area contributed by atoms with E-state index < -0.39 is 10.0 Å². The summed E-state index contributed by atoms with van der Waals surface area (Å²) in [5.41, 5.74) is 0.737. The maximum absolute atomic E-state index is 12.5. The standard InChI is InChI=1S/C13H10ClN5O2S/c1-19-7-17-13(11(19)5-15)18-22(20,21)12-6-16-10-4-8(14)2-3-9(10)12/h2-4,6-7,16,18H,1H3. The average Bonchev–Trinajstić information content (AvgIpc) is 3.02. The third-order valence-electron chi connectivity index (χ3n) is 3.17. The molecule has 0 spiro atoms. The topological polar surface area (TPSA) is 104 Å². The number of hydrogen-bond donors (Lipinski definition) is 2. The number of nitrogens with one attached hydrogen (secondary N) is 2. The SMILES string of the molecule is Cn1cnc(NS(=O)(=O)c2c[nH]c3cc(Cl)ccc23)c1C#N. The Morgan fingerprint density at radius 1 is 1.45 bits per heavy atom. The van der Waals surface area contributed by atoms with Crippen LogP contribution in [0.5, 0.6) is 0 Å². The highest BCUT2D eigenvalue weighted by Crippen LogP contribution is 2.27. The molecule has 9 heteroatoms. The average molecular weight is 336 g/mol. The first-order valence-electron chi connectivity index (χ1n) is 6.13. The van der Waals surface area contributed by atoms with E-state index in [2.05, 4.69) is 14.7 Å². The minimum Gasteiger partial charge on any atom is -0.360 e. The third-order valence-corrected chi connectivity index (χ3v) is 4.78. The van der Waals surface area contributed by atoms with Crippen LogP contribution < -0.4 is 4.72 Å². The van der Waals surface area contributed by atoms with Gasteiger partial charge in [-0.25, -0.2) is 13.4 Å². The molecule has 3 rings (SSSR count). The van der Waals surface area contributed by atoms with E-state index in [0.717, 1.165) is 0 Å². The summed E-state index contributed by atoms with van der Waals surface area (Å²) >= 11 is 5.88. The number of nitriles is 1. The molecular weight excluding hydrogens is 326 g/mol. The normalized spacial score (nSPS) is 11.5. The van der Waals surface area contributed by atoms with Crippen LogP contribution in [0, 0.1) is 11.3 Å². The molecule has 0 amide bonds. The molecule has 7 nitrogen and oxygen atoms in total. The number of fused-ring (bicyclic) bond motifs is 1. The van der Waals surface area contributed by atoms with Gasteiger partial charge in [-0.1, -0.05) is 11.6 Å². The number of anilines is 1. The van der Waals surface area contributed by atoms with Crippen molar-refractivity contribution in [3.8, 4) is 6.07 Å². The van der Waals surface area contributed by atoms with Gasteiger partial charge >= 0.3 is 0 Å². The van der Waals surface area contributed by atoms with Gasteiger partial charge in [-0.15, -0.1) is 0 Å². The second-order valence-electron chi connectivity index (χ2n) is 4.61. The third kappa shape index (κ3) is 2.30. The summed E-state index contributed by atoms with van der Waals surface area (Å²) in [5.74, 6) is -0.00619. The van der Waals surface area contributed by atoms with Gasteiger partial charge < -0.3 is 9.55 Å². The number of rotatable bonds is 3. The molecule has 0 atom stereocenters. The lowest BCUT2D eigenvalue weighted by Crippen LogP contribution is -2.14. The number of sulfonamides is 1. The Balaban J connectivity index is 2.07. The zero-order chi connectivity index (χ0) is 15.9. The predicted octanol–water partition coefficient (Wildman–Crippen LogP) is 2.23. The van der Waals surface area contributed by atoms with E-state index in [9.17, 15) is 8.42 Å². The molecule has 3 aromatic rings. The number of nitrogens with zero attached hydrogens (tertiary/aromatic N) is 3. The lowest BCUT2D eigenvalue weighted by atomic mass is 10.2. The van der Waals surface area contributed by atoms with Gasteiger partial charge in [-0.2, -0.15) is 5.26 Å². The molecule has 0 aliphatic heterocycles. The van der Waals surface area contributed by atoms with Crippen molar-refractivity contribution in [2.75, 3.05) is 4.72 Å². The van der Waals surface area contributed by atoms with Crippen molar-refractivity contribution in [2.45, 2.75) is 4.90 Å². The van der Waals surface area contributed by atoms with E-state index in [4.69, 9.17) is 16.9 Å². The Labute approximate surface area is 131 Å². The molecule has 0 fully saturated rings. The van der Waals surface area contributed by atoms with E-state index in [0.29, 0.717) is 15.9 Å². The van der Waals surface area contributed by atoms with Crippen molar-refractivity contribution in [1.29, 1.82) is 5.26 Å². The fourth-order valence-electron chi connectivity index (χ4n) is 2.11. The second kappa shape index (κ2) is 5.05. The van der Waals surface area contributed by atoms with Crippen LogP contribution >= 0.6 is 11.6 Å². The smallest absolute Gasteiger partial charge is 0.265 e. The lowest BCUT2D eigenvalue weighted by molar-refractivity contribution is 0.602. The van der Waals surface area contributed by atoms with Crippen LogP contribution in [0.1, 0.15) is 5.69 Å². The molecule has 112 valence electrons. The first-order chi connectivity index (χ1) is 10.4. The Morgan fingerprint density at radius 2 is 2.23 bits per heavy atom. The molecule has 2 aromatic heterocycles. The summed E-state index contributed by atoms with van der Waals surface area (Å²) in [6, 6.07) is 6.77. The lowest BCUT2D eigenvalue weighted by Gasteiger charge is -2.05. The van der Waals surface area contributed by atoms with E-state index in [-0.39, 0.29) is 16.4 Å². The second-order valence-corrected chi connectivity index (χ2v) is 6.70. The summed E-state index contributed by atoms with van der Waals surface area (Å²) < 4.78 is 28.8. The molecule has 0 bridgehead atoms. The molecular formula is C13H10ClN5O2S. The zero-order valence-corrected chi connectivity index (χ0v) is 12.9. The molecule has 2 heterocycles. The van der Waals surface area contributed by atoms with Crippen LogP contribution in [0.25, 0.3) is 10.9 Å². The molecule has 0 unspecified atom stereocenters. The Hall–Kier alpha value is -2.50. The Morgan fingerprint density at radius 3 is 2.95 bits per heavy atom. The van der Waals surface area contributed by atoms with Gasteiger partial charge in [0.1, 0.15) is 11.0 Å². The van der Waals surface area contributed by atoms with E-state index in [1.54, 1.807) is 25.2 Å². The van der Waals surface area contributed by atoms with Crippen molar-refractivity contribution in [3.63, 3.8) is 0 Å². The Bertz CT molecular complexity index is 1010. The maximum Gasteiger partial charge on any atom is 0.265 e. The van der Waals surface area contributed by atoms with Gasteiger partial charge in [0, 0.05) is 29.2 Å². The quantitative estimate of drug-likeness (QED) is 0.765. The summed E-state index contributed by atoms with van der Waals surface area (Å²) in [6.07, 6.45) is 2.74. The van der Waals surface area contributed by atoms with Crippen molar-refractivity contribution >= 4 is 38.3 Å². The number of hydrogen-bond acceptors (Lipinski definition) is 4. The van der Waals surface area contributed by atoms with Gasteiger partial charge in [-0.05, 0) is 18.2 Å².